The molecule has 0 unspecified atom stereocenters. The zero-order chi connectivity index (χ0) is 14.0. The highest BCUT2D eigenvalue weighted by atomic mass is 35.5. The van der Waals surface area contributed by atoms with Gasteiger partial charge in [-0.15, -0.1) is 10.2 Å². The van der Waals surface area contributed by atoms with Gasteiger partial charge in [0.2, 0.25) is 4.47 Å². The predicted molar refractivity (Wildman–Crippen MR) is 71.8 cm³/mol. The summed E-state index contributed by atoms with van der Waals surface area (Å²) >= 11 is 6.87. The van der Waals surface area contributed by atoms with Crippen LogP contribution in [0.1, 0.15) is 16.1 Å². The van der Waals surface area contributed by atoms with E-state index in [-0.39, 0.29) is 12.3 Å². The van der Waals surface area contributed by atoms with Crippen molar-refractivity contribution < 1.29 is 9.66 Å². The number of ether oxygens (including phenoxy) is 1. The fourth-order valence-electron chi connectivity index (χ4n) is 1.60. The molecule has 2 aromatic rings. The van der Waals surface area contributed by atoms with E-state index in [0.717, 1.165) is 5.56 Å². The lowest BCUT2D eigenvalue weighted by Gasteiger charge is -2.08. The maximum atomic E-state index is 10.9. The molecule has 0 atom stereocenters. The summed E-state index contributed by atoms with van der Waals surface area (Å²) < 4.78 is 5.86. The van der Waals surface area contributed by atoms with Crippen molar-refractivity contribution >= 4 is 28.6 Å². The van der Waals surface area contributed by atoms with E-state index in [2.05, 4.69) is 10.2 Å². The number of aromatic nitrogens is 2. The van der Waals surface area contributed by atoms with E-state index >= 15 is 0 Å². The fourth-order valence-corrected chi connectivity index (χ4v) is 2.39. The maximum Gasteiger partial charge on any atom is 0.276 e. The molecule has 2 rings (SSSR count). The molecule has 1 heterocycles. The number of nitro benzene ring substituents is 1. The third-order valence-corrected chi connectivity index (χ3v) is 3.48. The normalized spacial score (nSPS) is 10.5. The van der Waals surface area contributed by atoms with Crippen molar-refractivity contribution in [3.8, 4) is 5.75 Å². The topological polar surface area (TPSA) is 78.2 Å². The van der Waals surface area contributed by atoms with Gasteiger partial charge in [0.25, 0.3) is 5.69 Å². The molecule has 1 aromatic heterocycles. The van der Waals surface area contributed by atoms with Crippen molar-refractivity contribution in [3.05, 3.63) is 42.8 Å². The van der Waals surface area contributed by atoms with Crippen LogP contribution in [0.3, 0.4) is 0 Å². The highest BCUT2D eigenvalue weighted by Crippen LogP contribution is 2.29. The lowest BCUT2D eigenvalue weighted by atomic mass is 10.1. The Morgan fingerprint density at radius 3 is 2.68 bits per heavy atom. The molecule has 6 nitrogen and oxygen atoms in total. The van der Waals surface area contributed by atoms with Crippen molar-refractivity contribution in [1.29, 1.82) is 0 Å². The maximum absolute atomic E-state index is 10.9. The highest BCUT2D eigenvalue weighted by Gasteiger charge is 2.15. The molecule has 0 saturated heterocycles. The van der Waals surface area contributed by atoms with Crippen molar-refractivity contribution in [2.24, 2.45) is 0 Å². The SMILES string of the molecule is Cc1cc(C)c([N+](=O)[O-])cc1OCc1nnc(Cl)s1. The zero-order valence-corrected chi connectivity index (χ0v) is 11.8. The van der Waals surface area contributed by atoms with E-state index in [0.29, 0.717) is 20.8 Å². The zero-order valence-electron chi connectivity index (χ0n) is 10.2. The van der Waals surface area contributed by atoms with Crippen LogP contribution >= 0.6 is 22.9 Å². The molecule has 0 bridgehead atoms. The van der Waals surface area contributed by atoms with E-state index in [1.165, 1.54) is 17.4 Å². The van der Waals surface area contributed by atoms with Gasteiger partial charge in [-0.1, -0.05) is 11.3 Å². The molecular weight excluding hydrogens is 290 g/mol. The van der Waals surface area contributed by atoms with Gasteiger partial charge in [0.05, 0.1) is 11.0 Å². The quantitative estimate of drug-likeness (QED) is 0.639. The highest BCUT2D eigenvalue weighted by molar-refractivity contribution is 7.15. The smallest absolute Gasteiger partial charge is 0.276 e. The van der Waals surface area contributed by atoms with Crippen LogP contribution in [0.4, 0.5) is 5.69 Å². The van der Waals surface area contributed by atoms with Crippen LogP contribution in [-0.4, -0.2) is 15.1 Å². The third kappa shape index (κ3) is 3.18. The second-order valence-electron chi connectivity index (χ2n) is 3.90. The first kappa shape index (κ1) is 13.7. The van der Waals surface area contributed by atoms with Gasteiger partial charge in [-0.05, 0) is 37.1 Å². The minimum Gasteiger partial charge on any atom is -0.486 e. The van der Waals surface area contributed by atoms with Crippen LogP contribution in [0.2, 0.25) is 4.47 Å². The van der Waals surface area contributed by atoms with E-state index in [1.54, 1.807) is 13.0 Å². The largest absolute Gasteiger partial charge is 0.486 e. The van der Waals surface area contributed by atoms with Crippen LogP contribution < -0.4 is 4.74 Å². The number of rotatable bonds is 4. The van der Waals surface area contributed by atoms with Crippen LogP contribution in [0, 0.1) is 24.0 Å². The number of benzene rings is 1. The first-order chi connectivity index (χ1) is 8.97. The number of nitro groups is 1. The molecule has 0 radical (unpaired) electrons. The lowest BCUT2D eigenvalue weighted by molar-refractivity contribution is -0.385. The molecular formula is C11H10ClN3O3S. The van der Waals surface area contributed by atoms with Crippen molar-refractivity contribution in [3.63, 3.8) is 0 Å². The van der Waals surface area contributed by atoms with Crippen LogP contribution in [-0.2, 0) is 6.61 Å². The molecule has 0 saturated carbocycles. The molecule has 0 aliphatic rings. The van der Waals surface area contributed by atoms with Crippen molar-refractivity contribution in [2.45, 2.75) is 20.5 Å². The first-order valence-electron chi connectivity index (χ1n) is 5.33. The average Bonchev–Trinajstić information content (AvgIpc) is 2.73. The van der Waals surface area contributed by atoms with E-state index < -0.39 is 4.92 Å². The molecule has 8 heteroatoms. The Labute approximate surface area is 118 Å². The number of hydrogen-bond donors (Lipinski definition) is 0. The number of halogens is 1. The van der Waals surface area contributed by atoms with Gasteiger partial charge >= 0.3 is 0 Å². The summed E-state index contributed by atoms with van der Waals surface area (Å²) in [6.45, 7) is 3.71. The van der Waals surface area contributed by atoms with Crippen LogP contribution in [0.25, 0.3) is 0 Å². The fraction of sp³-hybridized carbons (Fsp3) is 0.273. The van der Waals surface area contributed by atoms with Gasteiger partial charge in [0.15, 0.2) is 5.01 Å². The molecule has 0 spiro atoms. The summed E-state index contributed by atoms with van der Waals surface area (Å²) in [6.07, 6.45) is 0. The van der Waals surface area contributed by atoms with Crippen LogP contribution in [0.15, 0.2) is 12.1 Å². The summed E-state index contributed by atoms with van der Waals surface area (Å²) in [7, 11) is 0. The molecule has 19 heavy (non-hydrogen) atoms. The van der Waals surface area contributed by atoms with Gasteiger partial charge in [-0.25, -0.2) is 0 Å². The summed E-state index contributed by atoms with van der Waals surface area (Å²) in [4.78, 5) is 10.4. The molecule has 0 amide bonds. The minimum atomic E-state index is -0.427. The van der Waals surface area contributed by atoms with E-state index in [1.807, 2.05) is 6.92 Å². The third-order valence-electron chi connectivity index (χ3n) is 2.48. The second kappa shape index (κ2) is 5.50. The Morgan fingerprint density at radius 2 is 2.11 bits per heavy atom. The first-order valence-corrected chi connectivity index (χ1v) is 6.53. The van der Waals surface area contributed by atoms with Crippen molar-refractivity contribution in [2.75, 3.05) is 0 Å². The summed E-state index contributed by atoms with van der Waals surface area (Å²) in [6, 6.07) is 3.15. The minimum absolute atomic E-state index is 0.0379. The van der Waals surface area contributed by atoms with Gasteiger partial charge in [0.1, 0.15) is 12.4 Å². The Balaban J connectivity index is 2.20. The predicted octanol–water partition coefficient (Wildman–Crippen LogP) is 3.30. The van der Waals surface area contributed by atoms with E-state index in [4.69, 9.17) is 16.3 Å². The molecule has 0 N–H and O–H groups in total. The van der Waals surface area contributed by atoms with Gasteiger partial charge in [0, 0.05) is 5.56 Å². The van der Waals surface area contributed by atoms with Gasteiger partial charge < -0.3 is 4.74 Å². The summed E-state index contributed by atoms with van der Waals surface area (Å²) in [5, 5.41) is 19.0. The Hall–Kier alpha value is -1.73. The van der Waals surface area contributed by atoms with E-state index in [9.17, 15) is 10.1 Å². The number of aryl methyl sites for hydroxylation is 2. The molecule has 0 aliphatic carbocycles. The Bertz CT molecular complexity index is 630. The van der Waals surface area contributed by atoms with Crippen LogP contribution in [0.5, 0.6) is 5.75 Å². The molecule has 100 valence electrons. The number of hydrogen-bond acceptors (Lipinski definition) is 6. The monoisotopic (exact) mass is 299 g/mol. The molecule has 1 aromatic carbocycles. The molecule has 0 fully saturated rings. The summed E-state index contributed by atoms with van der Waals surface area (Å²) in [5.74, 6) is 0.462. The summed E-state index contributed by atoms with van der Waals surface area (Å²) in [5.41, 5.74) is 1.48. The lowest BCUT2D eigenvalue weighted by Crippen LogP contribution is -1.99. The Morgan fingerprint density at radius 1 is 1.37 bits per heavy atom. The second-order valence-corrected chi connectivity index (χ2v) is 5.54. The average molecular weight is 300 g/mol. The standard InChI is InChI=1S/C11H10ClN3O3S/c1-6-3-7(2)9(4-8(6)15(16)17)18-5-10-13-14-11(12)19-10/h3-4H,5H2,1-2H3. The number of nitrogens with zero attached hydrogens (tertiary/aromatic N) is 3. The Kier molecular flexibility index (Phi) is 3.96. The van der Waals surface area contributed by atoms with Gasteiger partial charge in [-0.3, -0.25) is 10.1 Å². The van der Waals surface area contributed by atoms with Gasteiger partial charge in [-0.2, -0.15) is 0 Å². The van der Waals surface area contributed by atoms with Crippen molar-refractivity contribution in [1.82, 2.24) is 10.2 Å². The molecule has 0 aliphatic heterocycles.